The van der Waals surface area contributed by atoms with Crippen molar-refractivity contribution in [3.05, 3.63) is 17.2 Å². The Hall–Kier alpha value is -1.23. The van der Waals surface area contributed by atoms with E-state index in [-0.39, 0.29) is 12.1 Å². The Morgan fingerprint density at radius 1 is 1.61 bits per heavy atom. The minimum absolute atomic E-state index is 0.0626. The summed E-state index contributed by atoms with van der Waals surface area (Å²) in [5.74, 6) is 0.725. The molecule has 1 aliphatic heterocycles. The third-order valence-corrected chi connectivity index (χ3v) is 2.95. The van der Waals surface area contributed by atoms with Gasteiger partial charge in [0, 0.05) is 6.54 Å². The number of carbonyl (C=O) groups is 1. The van der Waals surface area contributed by atoms with Crippen LogP contribution in [-0.2, 0) is 4.74 Å². The number of ether oxygens (including phenoxy) is 1. The van der Waals surface area contributed by atoms with Gasteiger partial charge in [0.1, 0.15) is 16.6 Å². The van der Waals surface area contributed by atoms with Gasteiger partial charge in [0.15, 0.2) is 0 Å². The molecule has 1 atom stereocenters. The molecule has 0 saturated carbocycles. The summed E-state index contributed by atoms with van der Waals surface area (Å²) in [7, 11) is 0. The Morgan fingerprint density at radius 2 is 2.33 bits per heavy atom. The lowest BCUT2D eigenvalue weighted by Gasteiger charge is -2.27. The normalized spacial score (nSPS) is 20.2. The maximum atomic E-state index is 12.1. The molecule has 1 aliphatic rings. The van der Waals surface area contributed by atoms with E-state index >= 15 is 0 Å². The smallest absolute Gasteiger partial charge is 0.410 e. The van der Waals surface area contributed by atoms with Crippen LogP contribution in [0.5, 0.6) is 0 Å². The molecule has 0 radical (unpaired) electrons. The molecule has 2 rings (SSSR count). The van der Waals surface area contributed by atoms with Crippen LogP contribution < -0.4 is 0 Å². The number of halogens is 1. The lowest BCUT2D eigenvalue weighted by atomic mass is 10.2. The maximum absolute atomic E-state index is 12.1. The number of H-pyrrole nitrogens is 1. The first-order chi connectivity index (χ1) is 8.37. The van der Waals surface area contributed by atoms with E-state index in [1.807, 2.05) is 20.8 Å². The molecule has 0 aliphatic carbocycles. The summed E-state index contributed by atoms with van der Waals surface area (Å²) >= 11 is 5.82. The highest BCUT2D eigenvalue weighted by Crippen LogP contribution is 2.31. The molecule has 1 amide bonds. The Kier molecular flexibility index (Phi) is 3.52. The van der Waals surface area contributed by atoms with E-state index in [0.29, 0.717) is 11.7 Å². The summed E-state index contributed by atoms with van der Waals surface area (Å²) in [6.07, 6.45) is 3.09. The average molecular weight is 272 g/mol. The van der Waals surface area contributed by atoms with Gasteiger partial charge in [0.25, 0.3) is 0 Å². The molecule has 1 saturated heterocycles. The van der Waals surface area contributed by atoms with E-state index in [1.165, 1.54) is 0 Å². The van der Waals surface area contributed by atoms with E-state index in [0.717, 1.165) is 18.7 Å². The van der Waals surface area contributed by atoms with Crippen LogP contribution in [0.4, 0.5) is 4.79 Å². The Bertz CT molecular complexity index is 439. The molecule has 18 heavy (non-hydrogen) atoms. The summed E-state index contributed by atoms with van der Waals surface area (Å²) in [5.41, 5.74) is -0.481. The minimum atomic E-state index is -0.481. The van der Waals surface area contributed by atoms with Crippen molar-refractivity contribution in [2.45, 2.75) is 45.3 Å². The van der Waals surface area contributed by atoms with Crippen LogP contribution in [0.2, 0.25) is 5.15 Å². The molecule has 0 spiro atoms. The van der Waals surface area contributed by atoms with Crippen molar-refractivity contribution >= 4 is 17.7 Å². The van der Waals surface area contributed by atoms with Gasteiger partial charge in [-0.05, 0) is 33.6 Å². The molecule has 2 heterocycles. The largest absolute Gasteiger partial charge is 0.444 e. The maximum Gasteiger partial charge on any atom is 0.410 e. The highest BCUT2D eigenvalue weighted by atomic mass is 35.5. The van der Waals surface area contributed by atoms with Gasteiger partial charge < -0.3 is 9.72 Å². The van der Waals surface area contributed by atoms with Gasteiger partial charge in [0.2, 0.25) is 0 Å². The zero-order valence-electron chi connectivity index (χ0n) is 10.9. The van der Waals surface area contributed by atoms with Gasteiger partial charge in [-0.1, -0.05) is 11.6 Å². The number of aromatic amines is 1. The zero-order chi connectivity index (χ0) is 13.3. The van der Waals surface area contributed by atoms with Crippen LogP contribution in [0.3, 0.4) is 0 Å². The van der Waals surface area contributed by atoms with Crippen molar-refractivity contribution < 1.29 is 9.53 Å². The van der Waals surface area contributed by atoms with Crippen molar-refractivity contribution in [3.63, 3.8) is 0 Å². The molecule has 0 bridgehead atoms. The van der Waals surface area contributed by atoms with Crippen LogP contribution in [-0.4, -0.2) is 33.1 Å². The number of imidazole rings is 1. The van der Waals surface area contributed by atoms with Gasteiger partial charge in [-0.3, -0.25) is 4.90 Å². The van der Waals surface area contributed by atoms with Gasteiger partial charge in [-0.2, -0.15) is 0 Å². The van der Waals surface area contributed by atoms with Crippen LogP contribution in [0.15, 0.2) is 6.20 Å². The van der Waals surface area contributed by atoms with E-state index in [1.54, 1.807) is 11.1 Å². The third-order valence-electron chi connectivity index (χ3n) is 2.76. The van der Waals surface area contributed by atoms with E-state index < -0.39 is 5.60 Å². The highest BCUT2D eigenvalue weighted by molar-refractivity contribution is 6.29. The number of amides is 1. The topological polar surface area (TPSA) is 58.2 Å². The number of likely N-dealkylation sites (tertiary alicyclic amines) is 1. The number of carbonyl (C=O) groups excluding carboxylic acids is 1. The SMILES string of the molecule is CC(C)(C)OC(=O)N1CCCC1c1ncc(Cl)[nH]1. The number of nitrogens with one attached hydrogen (secondary N) is 1. The van der Waals surface area contributed by atoms with Crippen molar-refractivity contribution in [3.8, 4) is 0 Å². The predicted octanol–water partition coefficient (Wildman–Crippen LogP) is 3.14. The summed E-state index contributed by atoms with van der Waals surface area (Å²) in [5, 5.41) is 0.487. The molecule has 1 unspecified atom stereocenters. The summed E-state index contributed by atoms with van der Waals surface area (Å²) in [6.45, 7) is 6.27. The summed E-state index contributed by atoms with van der Waals surface area (Å²) in [6, 6.07) is -0.0626. The van der Waals surface area contributed by atoms with Crippen molar-refractivity contribution in [2.24, 2.45) is 0 Å². The fourth-order valence-electron chi connectivity index (χ4n) is 2.07. The van der Waals surface area contributed by atoms with Crippen molar-refractivity contribution in [1.29, 1.82) is 0 Å². The molecule has 5 nitrogen and oxygen atoms in total. The molecule has 6 heteroatoms. The quantitative estimate of drug-likeness (QED) is 0.854. The zero-order valence-corrected chi connectivity index (χ0v) is 11.6. The molecular formula is C12H18ClN3O2. The van der Waals surface area contributed by atoms with Crippen LogP contribution >= 0.6 is 11.6 Å². The fraction of sp³-hybridized carbons (Fsp3) is 0.667. The second kappa shape index (κ2) is 4.80. The molecule has 100 valence electrons. The second-order valence-corrected chi connectivity index (χ2v) is 5.86. The second-order valence-electron chi connectivity index (χ2n) is 5.45. The van der Waals surface area contributed by atoms with Gasteiger partial charge in [0.05, 0.1) is 12.2 Å². The standard InChI is InChI=1S/C12H18ClN3O2/c1-12(2,3)18-11(17)16-6-4-5-8(16)10-14-7-9(13)15-10/h7-8H,4-6H2,1-3H3,(H,14,15). The molecule has 1 N–H and O–H groups in total. The lowest BCUT2D eigenvalue weighted by Crippen LogP contribution is -2.36. The lowest BCUT2D eigenvalue weighted by molar-refractivity contribution is 0.0218. The monoisotopic (exact) mass is 271 g/mol. The fourth-order valence-corrected chi connectivity index (χ4v) is 2.22. The Morgan fingerprint density at radius 3 is 2.89 bits per heavy atom. The minimum Gasteiger partial charge on any atom is -0.444 e. The predicted molar refractivity (Wildman–Crippen MR) is 68.5 cm³/mol. The Balaban J connectivity index is 2.10. The van der Waals surface area contributed by atoms with Crippen molar-refractivity contribution in [2.75, 3.05) is 6.54 Å². The van der Waals surface area contributed by atoms with Gasteiger partial charge in [-0.15, -0.1) is 0 Å². The van der Waals surface area contributed by atoms with E-state index in [2.05, 4.69) is 9.97 Å². The van der Waals surface area contributed by atoms with E-state index in [9.17, 15) is 4.79 Å². The van der Waals surface area contributed by atoms with Gasteiger partial charge >= 0.3 is 6.09 Å². The number of aromatic nitrogens is 2. The van der Waals surface area contributed by atoms with Crippen LogP contribution in [0.25, 0.3) is 0 Å². The first-order valence-electron chi connectivity index (χ1n) is 6.07. The van der Waals surface area contributed by atoms with Crippen LogP contribution in [0.1, 0.15) is 45.5 Å². The molecule has 1 aromatic rings. The van der Waals surface area contributed by atoms with Crippen LogP contribution in [0, 0.1) is 0 Å². The number of hydrogen-bond acceptors (Lipinski definition) is 3. The first kappa shape index (κ1) is 13.2. The Labute approximate surface area is 111 Å². The molecule has 1 aromatic heterocycles. The molecule has 0 aromatic carbocycles. The summed E-state index contributed by atoms with van der Waals surface area (Å²) in [4.78, 5) is 20.9. The number of rotatable bonds is 1. The number of nitrogens with zero attached hydrogens (tertiary/aromatic N) is 2. The molecule has 1 fully saturated rings. The first-order valence-corrected chi connectivity index (χ1v) is 6.44. The number of hydrogen-bond donors (Lipinski definition) is 1. The van der Waals surface area contributed by atoms with Crippen molar-refractivity contribution in [1.82, 2.24) is 14.9 Å². The summed E-state index contributed by atoms with van der Waals surface area (Å²) < 4.78 is 5.39. The highest BCUT2D eigenvalue weighted by Gasteiger charge is 2.34. The van der Waals surface area contributed by atoms with Gasteiger partial charge in [-0.25, -0.2) is 9.78 Å². The molecular weight excluding hydrogens is 254 g/mol. The third kappa shape index (κ3) is 2.96. The average Bonchev–Trinajstić information content (AvgIpc) is 2.81. The van der Waals surface area contributed by atoms with E-state index in [4.69, 9.17) is 16.3 Å².